The molecule has 1 aliphatic rings. The average Bonchev–Trinajstić information content (AvgIpc) is 2.73. The monoisotopic (exact) mass is 382 g/mol. The molecule has 1 amide bonds. The van der Waals surface area contributed by atoms with Crippen molar-refractivity contribution in [3.05, 3.63) is 59.7 Å². The average molecular weight is 383 g/mol. The van der Waals surface area contributed by atoms with Crippen molar-refractivity contribution in [2.24, 2.45) is 0 Å². The molecular weight excluding hydrogens is 356 g/mol. The summed E-state index contributed by atoms with van der Waals surface area (Å²) in [7, 11) is 0. The Labute approximate surface area is 166 Å². The molecule has 1 N–H and O–H groups in total. The summed E-state index contributed by atoms with van der Waals surface area (Å²) in [4.78, 5) is 15.2. The predicted molar refractivity (Wildman–Crippen MR) is 114 cm³/mol. The molecule has 1 fully saturated rings. The number of ether oxygens (including phenoxy) is 1. The fourth-order valence-corrected chi connectivity index (χ4v) is 3.46. The van der Waals surface area contributed by atoms with E-state index in [0.717, 1.165) is 35.7 Å². The van der Waals surface area contributed by atoms with Gasteiger partial charge in [0.2, 0.25) is 0 Å². The van der Waals surface area contributed by atoms with Crippen LogP contribution >= 0.6 is 12.2 Å². The summed E-state index contributed by atoms with van der Waals surface area (Å²) in [5, 5.41) is 2.84. The predicted octanol–water partition coefficient (Wildman–Crippen LogP) is 4.43. The van der Waals surface area contributed by atoms with Gasteiger partial charge in [0.05, 0.1) is 0 Å². The van der Waals surface area contributed by atoms with Crippen LogP contribution in [0.15, 0.2) is 48.5 Å². The number of anilines is 1. The number of hydrogen-bond donors (Lipinski definition) is 1. The van der Waals surface area contributed by atoms with E-state index in [1.807, 2.05) is 48.5 Å². The number of amides is 1. The Balaban J connectivity index is 1.49. The van der Waals surface area contributed by atoms with Crippen LogP contribution in [0.25, 0.3) is 0 Å². The SMILES string of the molecule is CCc1ccc(NC(=O)COc2ccc(C(=S)N3CCCCC3)cc2)cc1. The number of carbonyl (C=O) groups is 1. The summed E-state index contributed by atoms with van der Waals surface area (Å²) in [6.45, 7) is 4.16. The first-order valence-corrected chi connectivity index (χ1v) is 9.97. The van der Waals surface area contributed by atoms with E-state index in [0.29, 0.717) is 5.75 Å². The number of thiocarbonyl (C=S) groups is 1. The lowest BCUT2D eigenvalue weighted by Gasteiger charge is -2.29. The van der Waals surface area contributed by atoms with E-state index >= 15 is 0 Å². The topological polar surface area (TPSA) is 41.6 Å². The molecule has 0 spiro atoms. The van der Waals surface area contributed by atoms with Crippen molar-refractivity contribution < 1.29 is 9.53 Å². The minimum Gasteiger partial charge on any atom is -0.484 e. The zero-order valence-electron chi connectivity index (χ0n) is 15.7. The Kier molecular flexibility index (Phi) is 6.82. The highest BCUT2D eigenvalue weighted by molar-refractivity contribution is 7.80. The van der Waals surface area contributed by atoms with Gasteiger partial charge in [0.1, 0.15) is 10.7 Å². The lowest BCUT2D eigenvalue weighted by molar-refractivity contribution is -0.118. The number of piperidine rings is 1. The molecule has 1 heterocycles. The van der Waals surface area contributed by atoms with Crippen LogP contribution in [0.2, 0.25) is 0 Å². The summed E-state index contributed by atoms with van der Waals surface area (Å²) in [6.07, 6.45) is 4.68. The second-order valence-electron chi connectivity index (χ2n) is 6.76. The van der Waals surface area contributed by atoms with Crippen molar-refractivity contribution in [2.75, 3.05) is 25.0 Å². The van der Waals surface area contributed by atoms with Crippen molar-refractivity contribution in [1.82, 2.24) is 4.90 Å². The van der Waals surface area contributed by atoms with E-state index in [-0.39, 0.29) is 12.5 Å². The van der Waals surface area contributed by atoms with Gasteiger partial charge >= 0.3 is 0 Å². The molecule has 0 radical (unpaired) electrons. The zero-order chi connectivity index (χ0) is 19.1. The number of aryl methyl sites for hydroxylation is 1. The maximum atomic E-state index is 12.1. The van der Waals surface area contributed by atoms with Crippen LogP contribution in [0.5, 0.6) is 5.75 Å². The molecule has 0 saturated carbocycles. The summed E-state index contributed by atoms with van der Waals surface area (Å²) < 4.78 is 5.60. The van der Waals surface area contributed by atoms with Crippen LogP contribution in [0.4, 0.5) is 5.69 Å². The number of nitrogens with zero attached hydrogens (tertiary/aromatic N) is 1. The minimum atomic E-state index is -0.174. The van der Waals surface area contributed by atoms with E-state index in [1.165, 1.54) is 24.8 Å². The largest absolute Gasteiger partial charge is 0.484 e. The molecule has 5 heteroatoms. The number of carbonyl (C=O) groups excluding carboxylic acids is 1. The fourth-order valence-electron chi connectivity index (χ4n) is 3.14. The number of rotatable bonds is 6. The van der Waals surface area contributed by atoms with Crippen molar-refractivity contribution >= 4 is 28.8 Å². The lowest BCUT2D eigenvalue weighted by atomic mass is 10.1. The first-order chi connectivity index (χ1) is 13.2. The number of benzene rings is 2. The quantitative estimate of drug-likeness (QED) is 0.751. The van der Waals surface area contributed by atoms with Crippen LogP contribution < -0.4 is 10.1 Å². The highest BCUT2D eigenvalue weighted by Crippen LogP contribution is 2.17. The molecule has 0 aliphatic carbocycles. The van der Waals surface area contributed by atoms with Gasteiger partial charge in [0.15, 0.2) is 6.61 Å². The Bertz CT molecular complexity index is 766. The van der Waals surface area contributed by atoms with Crippen LogP contribution in [0.1, 0.15) is 37.3 Å². The van der Waals surface area contributed by atoms with Crippen LogP contribution in [0, 0.1) is 0 Å². The summed E-state index contributed by atoms with van der Waals surface area (Å²) in [6, 6.07) is 15.5. The van der Waals surface area contributed by atoms with Gasteiger partial charge in [-0.1, -0.05) is 31.3 Å². The van der Waals surface area contributed by atoms with E-state index in [2.05, 4.69) is 17.1 Å². The molecule has 1 saturated heterocycles. The molecule has 3 rings (SSSR count). The maximum absolute atomic E-state index is 12.1. The molecule has 27 heavy (non-hydrogen) atoms. The Morgan fingerprint density at radius 1 is 1.04 bits per heavy atom. The third kappa shape index (κ3) is 5.54. The second-order valence-corrected chi connectivity index (χ2v) is 7.15. The van der Waals surface area contributed by atoms with Gasteiger partial charge in [-0.3, -0.25) is 4.79 Å². The molecule has 0 bridgehead atoms. The van der Waals surface area contributed by atoms with Gasteiger partial charge < -0.3 is 15.0 Å². The fraction of sp³-hybridized carbons (Fsp3) is 0.364. The van der Waals surface area contributed by atoms with E-state index < -0.39 is 0 Å². The zero-order valence-corrected chi connectivity index (χ0v) is 16.6. The molecule has 142 valence electrons. The smallest absolute Gasteiger partial charge is 0.262 e. The third-order valence-corrected chi connectivity index (χ3v) is 5.25. The molecule has 2 aromatic carbocycles. The first-order valence-electron chi connectivity index (χ1n) is 9.56. The van der Waals surface area contributed by atoms with Gasteiger partial charge in [-0.05, 0) is 67.6 Å². The van der Waals surface area contributed by atoms with Crippen molar-refractivity contribution in [3.8, 4) is 5.75 Å². The third-order valence-electron chi connectivity index (χ3n) is 4.76. The Morgan fingerprint density at radius 2 is 1.70 bits per heavy atom. The van der Waals surface area contributed by atoms with Gasteiger partial charge in [0.25, 0.3) is 5.91 Å². The van der Waals surface area contributed by atoms with Crippen molar-refractivity contribution in [1.29, 1.82) is 0 Å². The molecule has 2 aromatic rings. The summed E-state index contributed by atoms with van der Waals surface area (Å²) in [5.41, 5.74) is 3.05. The van der Waals surface area contributed by atoms with Crippen molar-refractivity contribution in [2.45, 2.75) is 32.6 Å². The standard InChI is InChI=1S/C22H26N2O2S/c1-2-17-6-10-19(11-7-17)23-21(25)16-26-20-12-8-18(9-13-20)22(27)24-14-4-3-5-15-24/h6-13H,2-5,14-16H2,1H3,(H,23,25). The van der Waals surface area contributed by atoms with Gasteiger partial charge in [0, 0.05) is 24.3 Å². The Hall–Kier alpha value is -2.40. The molecule has 4 nitrogen and oxygen atoms in total. The second kappa shape index (κ2) is 9.51. The number of nitrogens with one attached hydrogen (secondary N) is 1. The molecule has 0 atom stereocenters. The van der Waals surface area contributed by atoms with E-state index in [1.54, 1.807) is 0 Å². The Morgan fingerprint density at radius 3 is 2.33 bits per heavy atom. The van der Waals surface area contributed by atoms with E-state index in [4.69, 9.17) is 17.0 Å². The minimum absolute atomic E-state index is 0.0224. The van der Waals surface area contributed by atoms with Gasteiger partial charge in [-0.15, -0.1) is 0 Å². The maximum Gasteiger partial charge on any atom is 0.262 e. The number of likely N-dealkylation sites (tertiary alicyclic amines) is 1. The first kappa shape index (κ1) is 19.4. The molecule has 0 aromatic heterocycles. The van der Waals surface area contributed by atoms with Crippen LogP contribution in [0.3, 0.4) is 0 Å². The number of hydrogen-bond acceptors (Lipinski definition) is 3. The van der Waals surface area contributed by atoms with E-state index in [9.17, 15) is 4.79 Å². The highest BCUT2D eigenvalue weighted by atomic mass is 32.1. The highest BCUT2D eigenvalue weighted by Gasteiger charge is 2.14. The lowest BCUT2D eigenvalue weighted by Crippen LogP contribution is -2.34. The van der Waals surface area contributed by atoms with Crippen LogP contribution in [-0.4, -0.2) is 35.5 Å². The molecular formula is C22H26N2O2S. The molecule has 0 unspecified atom stereocenters. The van der Waals surface area contributed by atoms with Crippen molar-refractivity contribution in [3.63, 3.8) is 0 Å². The summed E-state index contributed by atoms with van der Waals surface area (Å²) in [5.74, 6) is 0.490. The normalized spacial score (nSPS) is 13.9. The van der Waals surface area contributed by atoms with Gasteiger partial charge in [-0.2, -0.15) is 0 Å². The van der Waals surface area contributed by atoms with Gasteiger partial charge in [-0.25, -0.2) is 0 Å². The summed E-state index contributed by atoms with van der Waals surface area (Å²) >= 11 is 5.60. The molecule has 1 aliphatic heterocycles. The van der Waals surface area contributed by atoms with Crippen LogP contribution in [-0.2, 0) is 11.2 Å².